The second kappa shape index (κ2) is 10.6. The molecule has 1 saturated heterocycles. The number of pyridine rings is 1. The summed E-state index contributed by atoms with van der Waals surface area (Å²) < 4.78 is 77.1. The predicted molar refractivity (Wildman–Crippen MR) is 128 cm³/mol. The number of halogens is 7. The number of benzene rings is 1. The van der Waals surface area contributed by atoms with Crippen LogP contribution in [-0.2, 0) is 10.9 Å². The first kappa shape index (κ1) is 28.3. The summed E-state index contributed by atoms with van der Waals surface area (Å²) in [5.74, 6) is -2.88. The summed E-state index contributed by atoms with van der Waals surface area (Å²) in [5, 5.41) is 39.3. The minimum Gasteiger partial charge on any atom is -0.394 e. The summed E-state index contributed by atoms with van der Waals surface area (Å²) in [6, 6.07) is 1.89. The quantitative estimate of drug-likeness (QED) is 0.232. The molecule has 5 rings (SSSR count). The maximum atomic E-state index is 14.5. The molecule has 0 radical (unpaired) electrons. The van der Waals surface area contributed by atoms with E-state index in [0.717, 1.165) is 40.2 Å². The van der Waals surface area contributed by atoms with E-state index in [9.17, 15) is 37.3 Å². The average Bonchev–Trinajstić information content (AvgIpc) is 3.57. The highest BCUT2D eigenvalue weighted by Gasteiger charge is 2.48. The van der Waals surface area contributed by atoms with Gasteiger partial charge in [0, 0.05) is 23.5 Å². The van der Waals surface area contributed by atoms with Crippen LogP contribution in [-0.4, -0.2) is 69.8 Å². The molecule has 0 spiro atoms. The van der Waals surface area contributed by atoms with Crippen LogP contribution in [0.4, 0.5) is 22.0 Å². The van der Waals surface area contributed by atoms with Crippen molar-refractivity contribution in [2.45, 2.75) is 36.6 Å². The van der Waals surface area contributed by atoms with Crippen LogP contribution < -0.4 is 0 Å². The number of ether oxygens (including phenoxy) is 1. The molecule has 17 heteroatoms. The van der Waals surface area contributed by atoms with Crippen LogP contribution in [0.25, 0.3) is 16.8 Å². The third-order valence-corrected chi connectivity index (χ3v) is 6.80. The smallest absolute Gasteiger partial charge is 0.394 e. The Morgan fingerprint density at radius 1 is 1.00 bits per heavy atom. The molecule has 3 aromatic heterocycles. The Bertz CT molecular complexity index is 1550. The Labute approximate surface area is 231 Å². The van der Waals surface area contributed by atoms with Gasteiger partial charge in [0.2, 0.25) is 0 Å². The molecular formula is C23H17Cl2F5N6O4. The summed E-state index contributed by atoms with van der Waals surface area (Å²) in [7, 11) is 0. The summed E-state index contributed by atoms with van der Waals surface area (Å²) in [4.78, 5) is 7.31. The number of aliphatic hydroxyl groups excluding tert-OH is 3. The van der Waals surface area contributed by atoms with Gasteiger partial charge in [-0.05, 0) is 18.2 Å². The Kier molecular flexibility index (Phi) is 7.54. The van der Waals surface area contributed by atoms with Crippen LogP contribution >= 0.6 is 23.2 Å². The fraction of sp³-hybridized carbons (Fsp3) is 0.304. The Balaban J connectivity index is 1.56. The molecule has 1 aromatic carbocycles. The highest BCUT2D eigenvalue weighted by molar-refractivity contribution is 6.31. The standard InChI is InChI=1S/C23H17Cl2F5N6O4/c24-10-3-13(21(31-5-10)23(28,29)30)36-22(32-8-34-36)20-19(39)17(18(38)14(7-37)40-20)35-6-9(4-33-35)11-1-2-12(25)16(27)15(11)26/h1-6,8,14,17-20,37-39H,7H2/t14-,17+,18+,19-,20-/m1/s1. The van der Waals surface area contributed by atoms with Gasteiger partial charge in [-0.2, -0.15) is 23.4 Å². The maximum Gasteiger partial charge on any atom is 0.435 e. The molecule has 212 valence electrons. The molecule has 0 aliphatic carbocycles. The first-order chi connectivity index (χ1) is 18.9. The van der Waals surface area contributed by atoms with Crippen LogP contribution in [0, 0.1) is 11.6 Å². The lowest BCUT2D eigenvalue weighted by atomic mass is 9.92. The zero-order valence-corrected chi connectivity index (χ0v) is 21.2. The van der Waals surface area contributed by atoms with Crippen LogP contribution in [0.2, 0.25) is 10.0 Å². The number of hydrogen-bond acceptors (Lipinski definition) is 8. The number of hydrogen-bond donors (Lipinski definition) is 3. The van der Waals surface area contributed by atoms with Crippen LogP contribution in [0.5, 0.6) is 0 Å². The highest BCUT2D eigenvalue weighted by Crippen LogP contribution is 2.40. The maximum absolute atomic E-state index is 14.5. The van der Waals surface area contributed by atoms with Gasteiger partial charge in [0.25, 0.3) is 0 Å². The fourth-order valence-corrected chi connectivity index (χ4v) is 4.75. The second-order valence-corrected chi connectivity index (χ2v) is 9.57. The fourth-order valence-electron chi connectivity index (χ4n) is 4.46. The van der Waals surface area contributed by atoms with Crippen molar-refractivity contribution in [1.29, 1.82) is 0 Å². The zero-order valence-electron chi connectivity index (χ0n) is 19.7. The third-order valence-electron chi connectivity index (χ3n) is 6.30. The summed E-state index contributed by atoms with van der Waals surface area (Å²) in [5.41, 5.74) is -2.13. The number of nitrogens with zero attached hydrogens (tertiary/aromatic N) is 6. The van der Waals surface area contributed by atoms with Crippen LogP contribution in [0.15, 0.2) is 43.1 Å². The van der Waals surface area contributed by atoms with E-state index in [4.69, 9.17) is 27.9 Å². The molecule has 5 atom stereocenters. The number of aromatic nitrogens is 6. The van der Waals surface area contributed by atoms with Crippen molar-refractivity contribution in [1.82, 2.24) is 29.5 Å². The first-order valence-corrected chi connectivity index (χ1v) is 12.1. The van der Waals surface area contributed by atoms with E-state index in [0.29, 0.717) is 0 Å². The van der Waals surface area contributed by atoms with Crippen molar-refractivity contribution in [3.8, 4) is 16.8 Å². The largest absolute Gasteiger partial charge is 0.435 e. The van der Waals surface area contributed by atoms with E-state index in [-0.39, 0.29) is 22.0 Å². The predicted octanol–water partition coefficient (Wildman–Crippen LogP) is 3.52. The van der Waals surface area contributed by atoms with E-state index in [1.807, 2.05) is 0 Å². The van der Waals surface area contributed by atoms with Gasteiger partial charge in [-0.15, -0.1) is 0 Å². The number of rotatable bonds is 5. The SMILES string of the molecule is OC[C@H]1O[C@@H](c2ncnn2-c2cc(Cl)cnc2C(F)(F)F)[C@H](O)[C@@H](n2cc(-c3ccc(Cl)c(F)c3F)cn2)[C@H]1O. The molecule has 1 fully saturated rings. The lowest BCUT2D eigenvalue weighted by Crippen LogP contribution is -2.53. The van der Waals surface area contributed by atoms with Gasteiger partial charge >= 0.3 is 6.18 Å². The van der Waals surface area contributed by atoms with Gasteiger partial charge in [-0.25, -0.2) is 23.4 Å². The molecule has 1 aliphatic rings. The summed E-state index contributed by atoms with van der Waals surface area (Å²) in [6.07, 6.45) is -7.16. The molecule has 0 amide bonds. The number of aliphatic hydroxyl groups is 3. The zero-order chi connectivity index (χ0) is 28.9. The summed E-state index contributed by atoms with van der Waals surface area (Å²) >= 11 is 11.5. The van der Waals surface area contributed by atoms with Crippen molar-refractivity contribution in [3.63, 3.8) is 0 Å². The lowest BCUT2D eigenvalue weighted by Gasteiger charge is -2.41. The van der Waals surface area contributed by atoms with Gasteiger partial charge in [0.15, 0.2) is 23.2 Å². The van der Waals surface area contributed by atoms with Crippen molar-refractivity contribution < 1.29 is 42.0 Å². The Morgan fingerprint density at radius 2 is 1.75 bits per heavy atom. The van der Waals surface area contributed by atoms with Gasteiger partial charge in [-0.1, -0.05) is 23.2 Å². The van der Waals surface area contributed by atoms with Gasteiger partial charge in [0.1, 0.15) is 36.8 Å². The van der Waals surface area contributed by atoms with Gasteiger partial charge in [0.05, 0.1) is 28.5 Å². The third kappa shape index (κ3) is 4.93. The number of alkyl halides is 3. The topological polar surface area (TPSA) is 131 Å². The van der Waals surface area contributed by atoms with E-state index in [1.54, 1.807) is 0 Å². The van der Waals surface area contributed by atoms with E-state index >= 15 is 0 Å². The molecule has 1 aliphatic heterocycles. The molecule has 0 unspecified atom stereocenters. The Morgan fingerprint density at radius 3 is 2.45 bits per heavy atom. The van der Waals surface area contributed by atoms with E-state index in [2.05, 4.69) is 20.2 Å². The minimum atomic E-state index is -4.91. The molecule has 4 heterocycles. The second-order valence-electron chi connectivity index (χ2n) is 8.73. The van der Waals surface area contributed by atoms with Crippen molar-refractivity contribution in [2.75, 3.05) is 6.61 Å². The normalized spacial score (nSPS) is 23.5. The van der Waals surface area contributed by atoms with Crippen molar-refractivity contribution in [3.05, 3.63) is 76.3 Å². The van der Waals surface area contributed by atoms with Crippen molar-refractivity contribution >= 4 is 23.2 Å². The lowest BCUT2D eigenvalue weighted by molar-refractivity contribution is -0.210. The van der Waals surface area contributed by atoms with Gasteiger partial charge in [-0.3, -0.25) is 4.68 Å². The van der Waals surface area contributed by atoms with Crippen LogP contribution in [0.1, 0.15) is 23.7 Å². The monoisotopic (exact) mass is 606 g/mol. The highest BCUT2D eigenvalue weighted by atomic mass is 35.5. The molecule has 10 nitrogen and oxygen atoms in total. The molecule has 3 N–H and O–H groups in total. The average molecular weight is 607 g/mol. The molecule has 0 saturated carbocycles. The molecule has 40 heavy (non-hydrogen) atoms. The van der Waals surface area contributed by atoms with Crippen molar-refractivity contribution in [2.24, 2.45) is 0 Å². The van der Waals surface area contributed by atoms with E-state index < -0.39 is 71.3 Å². The Hall–Kier alpha value is -3.21. The van der Waals surface area contributed by atoms with Crippen LogP contribution in [0.3, 0.4) is 0 Å². The first-order valence-electron chi connectivity index (χ1n) is 11.4. The van der Waals surface area contributed by atoms with Gasteiger partial charge < -0.3 is 20.1 Å². The molecular weight excluding hydrogens is 590 g/mol. The minimum absolute atomic E-state index is 0.0547. The molecule has 0 bridgehead atoms. The molecule has 4 aromatic rings. The van der Waals surface area contributed by atoms with E-state index in [1.165, 1.54) is 12.3 Å². The summed E-state index contributed by atoms with van der Waals surface area (Å²) in [6.45, 7) is -0.771.